The van der Waals surface area contributed by atoms with Crippen molar-refractivity contribution < 1.29 is 24.2 Å². The van der Waals surface area contributed by atoms with E-state index in [9.17, 15) is 10.4 Å². The lowest BCUT2D eigenvalue weighted by Gasteiger charge is -2.25. The van der Waals surface area contributed by atoms with Crippen molar-refractivity contribution in [3.8, 4) is 12.1 Å². The normalized spacial score (nSPS) is 11.1. The van der Waals surface area contributed by atoms with Crippen LogP contribution in [0.4, 0.5) is 0 Å². The largest absolute Gasteiger partial charge is 0.498 e. The fourth-order valence-electron chi connectivity index (χ4n) is 4.64. The van der Waals surface area contributed by atoms with Gasteiger partial charge in [0.25, 0.3) is 11.2 Å². The fourth-order valence-corrected chi connectivity index (χ4v) is 4.64. The van der Waals surface area contributed by atoms with E-state index in [2.05, 4.69) is 22.2 Å². The lowest BCUT2D eigenvalue weighted by molar-refractivity contribution is -0.0415. The first-order valence-electron chi connectivity index (χ1n) is 13.6. The molecular formula is C34H33N2O6+. The molecule has 4 rings (SSSR count). The molecule has 0 heterocycles. The molecule has 0 saturated carbocycles. The molecule has 0 spiro atoms. The molecule has 0 saturated heterocycles. The van der Waals surface area contributed by atoms with Crippen LogP contribution in [0.25, 0.3) is 10.0 Å². The highest BCUT2D eigenvalue weighted by Gasteiger charge is 2.42. The molecule has 0 aliphatic rings. The lowest BCUT2D eigenvalue weighted by Crippen LogP contribution is -2.31. The van der Waals surface area contributed by atoms with Crippen molar-refractivity contribution in [1.29, 1.82) is 0 Å². The average molecular weight is 566 g/mol. The summed E-state index contributed by atoms with van der Waals surface area (Å²) in [6, 6.07) is 43.1. The van der Waals surface area contributed by atoms with Gasteiger partial charge in [0.1, 0.15) is 0 Å². The van der Waals surface area contributed by atoms with Crippen molar-refractivity contribution >= 4 is 0 Å². The Morgan fingerprint density at radius 3 is 1.12 bits per heavy atom. The lowest BCUT2D eigenvalue weighted by atomic mass is 9.87. The van der Waals surface area contributed by atoms with Gasteiger partial charge in [-0.15, -0.1) is 0 Å². The van der Waals surface area contributed by atoms with Gasteiger partial charge >= 0.3 is 12.1 Å². The second-order valence-electron chi connectivity index (χ2n) is 9.16. The molecule has 0 unspecified atom stereocenters. The molecule has 0 aliphatic heterocycles. The molecule has 4 aromatic carbocycles. The van der Waals surface area contributed by atoms with Crippen LogP contribution in [0, 0.1) is 17.3 Å². The maximum Gasteiger partial charge on any atom is 0.395 e. The summed E-state index contributed by atoms with van der Waals surface area (Å²) in [5.74, 6) is 0. The van der Waals surface area contributed by atoms with E-state index in [1.165, 1.54) is 0 Å². The highest BCUT2D eigenvalue weighted by molar-refractivity contribution is 5.45. The van der Waals surface area contributed by atoms with Gasteiger partial charge in [-0.1, -0.05) is 121 Å². The number of benzene rings is 4. The van der Waals surface area contributed by atoms with Crippen molar-refractivity contribution in [2.24, 2.45) is 0 Å². The summed E-state index contributed by atoms with van der Waals surface area (Å²) in [6.07, 6.45) is 0. The molecule has 0 aromatic heterocycles. The van der Waals surface area contributed by atoms with Crippen LogP contribution in [0.2, 0.25) is 0 Å². The smallest absolute Gasteiger partial charge is 0.395 e. The first-order chi connectivity index (χ1) is 20.7. The number of ether oxygens (including phenoxy) is 4. The minimum absolute atomic E-state index is 0.197. The van der Waals surface area contributed by atoms with E-state index in [4.69, 9.17) is 18.9 Å². The van der Waals surface area contributed by atoms with Crippen molar-refractivity contribution in [1.82, 2.24) is 0 Å². The van der Waals surface area contributed by atoms with E-state index < -0.39 is 11.2 Å². The fraction of sp³-hybridized carbons (Fsp3) is 0.235. The van der Waals surface area contributed by atoms with Crippen LogP contribution >= 0.6 is 0 Å². The molecule has 214 valence electrons. The second kappa shape index (κ2) is 15.9. The van der Waals surface area contributed by atoms with E-state index in [-0.39, 0.29) is 26.4 Å². The third kappa shape index (κ3) is 7.52. The van der Waals surface area contributed by atoms with Crippen LogP contribution in [0.5, 0.6) is 0 Å². The highest BCUT2D eigenvalue weighted by Crippen LogP contribution is 2.34. The van der Waals surface area contributed by atoms with Crippen molar-refractivity contribution in [2.75, 3.05) is 39.6 Å². The van der Waals surface area contributed by atoms with E-state index in [1.807, 2.05) is 121 Å². The van der Waals surface area contributed by atoms with E-state index in [0.717, 1.165) is 22.3 Å². The van der Waals surface area contributed by atoms with Gasteiger partial charge in [-0.05, 0) is 0 Å². The molecule has 0 fully saturated rings. The standard InChI is InChI=1S/C34H32N2O6/c37-35-27-33(29-13-5-1-6-14-29,30-15-7-2-8-16-30)41-25-23-39-21-22-40-24-26-42-34(28-36-38,31-17-9-3-10-18-31)32-19-11-4-12-20-32/h1-20H,21-26H2/p+1. The van der Waals surface area contributed by atoms with E-state index >= 15 is 0 Å². The van der Waals surface area contributed by atoms with Gasteiger partial charge < -0.3 is 24.2 Å². The monoisotopic (exact) mass is 565 g/mol. The highest BCUT2D eigenvalue weighted by atomic mass is 16.6. The van der Waals surface area contributed by atoms with Gasteiger partial charge in [0.15, 0.2) is 0 Å². The summed E-state index contributed by atoms with van der Waals surface area (Å²) < 4.78 is 23.9. The molecule has 8 heteroatoms. The summed E-state index contributed by atoms with van der Waals surface area (Å²) >= 11 is 0. The van der Waals surface area contributed by atoms with Crippen LogP contribution in [-0.2, 0) is 30.1 Å². The molecule has 0 bridgehead atoms. The van der Waals surface area contributed by atoms with E-state index in [1.54, 1.807) is 0 Å². The zero-order valence-corrected chi connectivity index (χ0v) is 23.2. The molecule has 42 heavy (non-hydrogen) atoms. The minimum atomic E-state index is -1.25. The molecule has 0 aliphatic carbocycles. The summed E-state index contributed by atoms with van der Waals surface area (Å²) in [4.78, 5) is 0. The van der Waals surface area contributed by atoms with Crippen LogP contribution in [-0.4, -0.2) is 44.8 Å². The third-order valence-electron chi connectivity index (χ3n) is 6.60. The van der Waals surface area contributed by atoms with Gasteiger partial charge in [-0.25, -0.2) is 0 Å². The predicted octanol–water partition coefficient (Wildman–Crippen LogP) is 6.49. The Morgan fingerprint density at radius 1 is 0.500 bits per heavy atom. The van der Waals surface area contributed by atoms with Crippen LogP contribution in [0.1, 0.15) is 22.3 Å². The quantitative estimate of drug-likeness (QED) is 0.131. The number of hydrogen-bond donors (Lipinski definition) is 1. The van der Waals surface area contributed by atoms with Gasteiger partial charge in [0.2, 0.25) is 5.01 Å². The molecule has 1 N–H and O–H groups in total. The number of rotatable bonds is 15. The molecule has 0 radical (unpaired) electrons. The molecule has 0 atom stereocenters. The molecule has 8 nitrogen and oxygen atoms in total. The van der Waals surface area contributed by atoms with Crippen molar-refractivity contribution in [2.45, 2.75) is 11.2 Å². The van der Waals surface area contributed by atoms with Crippen LogP contribution in [0.15, 0.2) is 121 Å². The average Bonchev–Trinajstić information content (AvgIpc) is 3.06. The van der Waals surface area contributed by atoms with E-state index in [0.29, 0.717) is 13.2 Å². The zero-order valence-electron chi connectivity index (χ0n) is 23.2. The third-order valence-corrected chi connectivity index (χ3v) is 6.60. The first-order valence-corrected chi connectivity index (χ1v) is 13.6. The summed E-state index contributed by atoms with van der Waals surface area (Å²) in [5.41, 5.74) is 0.593. The Labute approximate surface area is 245 Å². The molecule has 0 amide bonds. The Morgan fingerprint density at radius 2 is 0.810 bits per heavy atom. The molecule has 4 aromatic rings. The summed E-state index contributed by atoms with van der Waals surface area (Å²) in [6.45, 7) is 1.64. The second-order valence-corrected chi connectivity index (χ2v) is 9.16. The molecular weight excluding hydrogens is 532 g/mol. The predicted molar refractivity (Wildman–Crippen MR) is 161 cm³/mol. The topological polar surface area (TPSA) is 88.9 Å². The maximum absolute atomic E-state index is 11.4. The first kappa shape index (κ1) is 30.3. The van der Waals surface area contributed by atoms with Crippen molar-refractivity contribution in [3.05, 3.63) is 159 Å². The van der Waals surface area contributed by atoms with Gasteiger partial charge in [-0.2, -0.15) is 5.21 Å². The van der Waals surface area contributed by atoms with Gasteiger partial charge in [-0.3, -0.25) is 0 Å². The Bertz CT molecular complexity index is 1270. The van der Waals surface area contributed by atoms with Crippen molar-refractivity contribution in [3.63, 3.8) is 0 Å². The Kier molecular flexibility index (Phi) is 11.5. The maximum atomic E-state index is 11.4. The van der Waals surface area contributed by atoms with Gasteiger partial charge in [0, 0.05) is 27.3 Å². The number of hydrogen-bond acceptors (Lipinski definition) is 6. The summed E-state index contributed by atoms with van der Waals surface area (Å²) in [7, 11) is 0. The number of nitrogens with zero attached hydrogens (tertiary/aromatic N) is 2. The van der Waals surface area contributed by atoms with Crippen LogP contribution in [0.3, 0.4) is 0 Å². The Hall–Kier alpha value is -4.70. The SMILES string of the molecule is [O-][N+]#CC(OCCOCCOCCOC(C#[N+]O)(c1ccccc1)c1ccccc1)(c1ccccc1)c1ccccc1. The van der Waals surface area contributed by atoms with Gasteiger partial charge in [0.05, 0.1) is 39.6 Å². The minimum Gasteiger partial charge on any atom is -0.498 e. The zero-order chi connectivity index (χ0) is 29.4. The Balaban J connectivity index is 1.26. The van der Waals surface area contributed by atoms with Crippen LogP contribution < -0.4 is 0 Å². The summed E-state index contributed by atoms with van der Waals surface area (Å²) in [5, 5.41) is 27.0.